The Balaban J connectivity index is -0.000000252. The average Bonchev–Trinajstić information content (AvgIpc) is 3.15. The molecule has 1 aliphatic heterocycles. The highest BCUT2D eigenvalue weighted by atomic mass is 16.5. The molecule has 0 radical (unpaired) electrons. The molecule has 0 unspecified atom stereocenters. The van der Waals surface area contributed by atoms with E-state index in [9.17, 15) is 4.79 Å². The molecular weight excluding hydrogens is 472 g/mol. The van der Waals surface area contributed by atoms with Gasteiger partial charge in [0.15, 0.2) is 5.90 Å². The Morgan fingerprint density at radius 2 is 1.74 bits per heavy atom. The van der Waals surface area contributed by atoms with Crippen LogP contribution in [0, 0.1) is 23.2 Å². The number of allylic oxidation sites excluding steroid dienone is 5. The monoisotopic (exact) mass is 530 g/mol. The summed E-state index contributed by atoms with van der Waals surface area (Å²) in [6.45, 7) is 27.5. The van der Waals surface area contributed by atoms with Crippen LogP contribution in [0.5, 0.6) is 0 Å². The highest BCUT2D eigenvalue weighted by molar-refractivity contribution is 6.03. The van der Waals surface area contributed by atoms with E-state index in [2.05, 4.69) is 63.0 Å². The first-order valence-electron chi connectivity index (χ1n) is 14.0. The van der Waals surface area contributed by atoms with Gasteiger partial charge in [-0.1, -0.05) is 87.1 Å². The molecule has 0 saturated heterocycles. The number of rotatable bonds is 10. The van der Waals surface area contributed by atoms with E-state index in [1.54, 1.807) is 43.8 Å². The number of ether oxygens (including phenoxy) is 1. The summed E-state index contributed by atoms with van der Waals surface area (Å²) < 4.78 is 5.23. The molecule has 1 aliphatic rings. The Labute approximate surface area is 236 Å². The minimum absolute atomic E-state index is 0.639. The molecule has 0 aromatic rings. The third-order valence-corrected chi connectivity index (χ3v) is 4.26. The van der Waals surface area contributed by atoms with Gasteiger partial charge in [0, 0.05) is 36.7 Å². The molecule has 1 rings (SSSR count). The number of hydrogen-bond acceptors (Lipinski definition) is 6. The number of nitrogens with zero attached hydrogens (tertiary/aromatic N) is 4. The molecule has 0 N–H and O–H groups in total. The summed E-state index contributed by atoms with van der Waals surface area (Å²) >= 11 is 0. The number of aldehydes is 1. The molecule has 0 amide bonds. The van der Waals surface area contributed by atoms with Gasteiger partial charge >= 0.3 is 0 Å². The van der Waals surface area contributed by atoms with Gasteiger partial charge < -0.3 is 9.53 Å². The second kappa shape index (κ2) is 34.2. The number of methoxy groups -OCH3 is 1. The van der Waals surface area contributed by atoms with Crippen LogP contribution in [0.1, 0.15) is 94.9 Å². The van der Waals surface area contributed by atoms with Crippen LogP contribution in [0.2, 0.25) is 0 Å². The Hall–Kier alpha value is -2.78. The largest absolute Gasteiger partial charge is 0.484 e. The van der Waals surface area contributed by atoms with E-state index in [4.69, 9.17) is 10.00 Å². The number of aliphatic imine (C=N–C) groups is 2. The molecule has 38 heavy (non-hydrogen) atoms. The summed E-state index contributed by atoms with van der Waals surface area (Å²) in [5, 5.41) is 8.35. The Morgan fingerprint density at radius 3 is 2.13 bits per heavy atom. The molecule has 1 heterocycles. The van der Waals surface area contributed by atoms with Crippen molar-refractivity contribution in [3.63, 3.8) is 0 Å². The third kappa shape index (κ3) is 35.4. The fourth-order valence-corrected chi connectivity index (χ4v) is 2.44. The predicted molar refractivity (Wildman–Crippen MR) is 169 cm³/mol. The maximum atomic E-state index is 9.17. The standard InChI is InChI=1S/C15H27N3O.C8H9N.C4H10.C3H6O.C2H6/c1-5-18(10-6-7-13(2)3)12-14-11-15(19-4)17-9-8-16-14;1-3-5-6-8(4-2)7-9;1-4(2)3;1-2-3-4;1-2/h8-9,13H,5-7,10-12H2,1-4H3;3-6H,1H2,2H3;4H,1-3H3;3H,2H2,1H3;1-2H3/b;6-5-,8-4+;;;. The zero-order valence-corrected chi connectivity index (χ0v) is 26.5. The second-order valence-electron chi connectivity index (χ2n) is 9.06. The van der Waals surface area contributed by atoms with Crippen molar-refractivity contribution >= 4 is 17.9 Å². The Morgan fingerprint density at radius 1 is 1.18 bits per heavy atom. The predicted octanol–water partition coefficient (Wildman–Crippen LogP) is 8.59. The second-order valence-corrected chi connectivity index (χ2v) is 9.06. The highest BCUT2D eigenvalue weighted by Crippen LogP contribution is 2.07. The van der Waals surface area contributed by atoms with E-state index in [0.717, 1.165) is 49.4 Å². The molecule has 0 aromatic heterocycles. The van der Waals surface area contributed by atoms with Crippen molar-refractivity contribution in [1.29, 1.82) is 5.26 Å². The van der Waals surface area contributed by atoms with E-state index < -0.39 is 0 Å². The van der Waals surface area contributed by atoms with Gasteiger partial charge in [0.1, 0.15) is 6.29 Å². The fraction of sp³-hybridized carbons (Fsp3) is 0.625. The molecule has 6 heteroatoms. The van der Waals surface area contributed by atoms with Gasteiger partial charge in [-0.25, -0.2) is 4.99 Å². The highest BCUT2D eigenvalue weighted by Gasteiger charge is 2.11. The van der Waals surface area contributed by atoms with Crippen LogP contribution in [0.15, 0.2) is 58.8 Å². The summed E-state index contributed by atoms with van der Waals surface area (Å²) in [5.74, 6) is 2.36. The van der Waals surface area contributed by atoms with Crippen LogP contribution in [0.25, 0.3) is 0 Å². The molecule has 0 fully saturated rings. The molecule has 0 bridgehead atoms. The van der Waals surface area contributed by atoms with Crippen LogP contribution in [0.4, 0.5) is 0 Å². The lowest BCUT2D eigenvalue weighted by atomic mass is 10.1. The van der Waals surface area contributed by atoms with Crippen molar-refractivity contribution in [2.45, 2.75) is 94.9 Å². The van der Waals surface area contributed by atoms with Gasteiger partial charge in [-0.3, -0.25) is 9.89 Å². The van der Waals surface area contributed by atoms with E-state index in [-0.39, 0.29) is 0 Å². The van der Waals surface area contributed by atoms with Crippen LogP contribution in [-0.4, -0.2) is 49.5 Å². The van der Waals surface area contributed by atoms with Crippen molar-refractivity contribution in [2.75, 3.05) is 26.7 Å². The van der Waals surface area contributed by atoms with Crippen molar-refractivity contribution in [3.05, 3.63) is 48.9 Å². The van der Waals surface area contributed by atoms with Gasteiger partial charge in [0.05, 0.1) is 19.6 Å². The lowest BCUT2D eigenvalue weighted by molar-refractivity contribution is -0.107. The topological polar surface area (TPSA) is 78.0 Å². The molecule has 0 aliphatic carbocycles. The number of nitriles is 1. The van der Waals surface area contributed by atoms with Crippen molar-refractivity contribution in [1.82, 2.24) is 4.90 Å². The van der Waals surface area contributed by atoms with Gasteiger partial charge in [0.25, 0.3) is 0 Å². The van der Waals surface area contributed by atoms with E-state index in [1.807, 2.05) is 33.8 Å². The lowest BCUT2D eigenvalue weighted by Crippen LogP contribution is -2.31. The summed E-state index contributed by atoms with van der Waals surface area (Å²) in [6.07, 6.45) is 15.0. The number of hydrogen-bond donors (Lipinski definition) is 0. The first-order valence-corrected chi connectivity index (χ1v) is 14.0. The fourth-order valence-electron chi connectivity index (χ4n) is 2.44. The zero-order valence-electron chi connectivity index (χ0n) is 26.5. The van der Waals surface area contributed by atoms with Gasteiger partial charge in [-0.05, 0) is 50.8 Å². The van der Waals surface area contributed by atoms with Crippen LogP contribution in [0.3, 0.4) is 0 Å². The first kappa shape index (κ1) is 42.3. The smallest absolute Gasteiger partial charge is 0.193 e. The minimum Gasteiger partial charge on any atom is -0.484 e. The average molecular weight is 531 g/mol. The summed E-state index contributed by atoms with van der Waals surface area (Å²) in [7, 11) is 1.66. The van der Waals surface area contributed by atoms with E-state index in [0.29, 0.717) is 18.4 Å². The zero-order chi connectivity index (χ0) is 30.2. The van der Waals surface area contributed by atoms with E-state index in [1.165, 1.54) is 12.8 Å². The van der Waals surface area contributed by atoms with E-state index >= 15 is 0 Å². The molecule has 0 spiro atoms. The summed E-state index contributed by atoms with van der Waals surface area (Å²) in [4.78, 5) is 20.3. The van der Waals surface area contributed by atoms with Crippen LogP contribution < -0.4 is 0 Å². The van der Waals surface area contributed by atoms with Gasteiger partial charge in [-0.15, -0.1) is 0 Å². The van der Waals surface area contributed by atoms with Crippen LogP contribution >= 0.6 is 0 Å². The van der Waals surface area contributed by atoms with Gasteiger partial charge in [-0.2, -0.15) is 5.26 Å². The van der Waals surface area contributed by atoms with Crippen molar-refractivity contribution < 1.29 is 9.53 Å². The molecule has 218 valence electrons. The quantitative estimate of drug-likeness (QED) is 0.161. The first-order chi connectivity index (χ1) is 18.1. The molecule has 0 atom stereocenters. The van der Waals surface area contributed by atoms with Gasteiger partial charge in [0.2, 0.25) is 0 Å². The molecule has 6 nitrogen and oxygen atoms in total. The maximum Gasteiger partial charge on any atom is 0.193 e. The SMILES string of the molecule is C=C/C=C\C(C#N)=C/C.CC.CC(C)C.CCC=O.CCN(CCCC(C)C)CC1=NC=CN=C(OC)C1. The normalized spacial score (nSPS) is 12.2. The van der Waals surface area contributed by atoms with Crippen molar-refractivity contribution in [3.8, 4) is 6.07 Å². The van der Waals surface area contributed by atoms with Crippen LogP contribution in [-0.2, 0) is 9.53 Å². The molecule has 0 saturated carbocycles. The summed E-state index contributed by atoms with van der Waals surface area (Å²) in [5.41, 5.74) is 1.79. The number of carbonyl (C=O) groups excluding carboxylic acids is 1. The Kier molecular flexibility index (Phi) is 38.1. The lowest BCUT2D eigenvalue weighted by Gasteiger charge is -2.21. The Bertz CT molecular complexity index is 736. The maximum absolute atomic E-state index is 9.17. The molecular formula is C32H58N4O2. The summed E-state index contributed by atoms with van der Waals surface area (Å²) in [6, 6.07) is 2.01. The minimum atomic E-state index is 0.639. The number of carbonyl (C=O) groups is 1. The third-order valence-electron chi connectivity index (χ3n) is 4.26. The molecule has 0 aromatic carbocycles. The van der Waals surface area contributed by atoms with Crippen molar-refractivity contribution in [2.24, 2.45) is 21.8 Å².